The quantitative estimate of drug-likeness (QED) is 0.190. The lowest BCUT2D eigenvalue weighted by Gasteiger charge is -2.12. The van der Waals surface area contributed by atoms with Crippen LogP contribution in [0.25, 0.3) is 0 Å². The molecule has 4 rings (SSSR count). The minimum absolute atomic E-state index is 0.0209. The predicted octanol–water partition coefficient (Wildman–Crippen LogP) is 5.57. The van der Waals surface area contributed by atoms with Gasteiger partial charge in [-0.05, 0) is 48.4 Å². The molecule has 0 aliphatic rings. The van der Waals surface area contributed by atoms with E-state index >= 15 is 0 Å². The van der Waals surface area contributed by atoms with E-state index in [-0.39, 0.29) is 22.6 Å². The van der Waals surface area contributed by atoms with Crippen LogP contribution in [0.1, 0.15) is 33.5 Å². The lowest BCUT2D eigenvalue weighted by Crippen LogP contribution is -2.17. The predicted molar refractivity (Wildman–Crippen MR) is 127 cm³/mol. The van der Waals surface area contributed by atoms with E-state index < -0.39 is 17.6 Å². The molecule has 0 aliphatic heterocycles. The molecule has 0 amide bonds. The van der Waals surface area contributed by atoms with Crippen LogP contribution >= 0.6 is 11.8 Å². The number of ether oxygens (including phenoxy) is 1. The summed E-state index contributed by atoms with van der Waals surface area (Å²) in [5, 5.41) is 9.90. The Morgan fingerprint density at radius 3 is 2.54 bits per heavy atom. The van der Waals surface area contributed by atoms with E-state index in [1.165, 1.54) is 30.2 Å². The number of H-pyrrole nitrogens is 1. The third kappa shape index (κ3) is 6.31. The average Bonchev–Trinajstić information content (AvgIpc) is 2.86. The summed E-state index contributed by atoms with van der Waals surface area (Å²) in [4.78, 5) is 27.7. The number of benzene rings is 2. The maximum atomic E-state index is 13.5. The molecule has 0 saturated heterocycles. The third-order valence-electron chi connectivity index (χ3n) is 5.21. The fourth-order valence-electron chi connectivity index (χ4n) is 3.39. The van der Waals surface area contributed by atoms with Crippen molar-refractivity contribution < 1.29 is 22.3 Å². The highest BCUT2D eigenvalue weighted by molar-refractivity contribution is 7.98. The van der Waals surface area contributed by atoms with Crippen LogP contribution in [0.4, 0.5) is 17.6 Å². The van der Waals surface area contributed by atoms with Gasteiger partial charge in [0.2, 0.25) is 0 Å². The minimum atomic E-state index is -4.88. The summed E-state index contributed by atoms with van der Waals surface area (Å²) in [6.07, 6.45) is 0.108. The van der Waals surface area contributed by atoms with Crippen molar-refractivity contribution in [3.63, 3.8) is 0 Å². The fraction of sp³-hybridized carbons (Fsp3) is 0.160. The third-order valence-corrected chi connectivity index (χ3v) is 6.15. The van der Waals surface area contributed by atoms with Crippen molar-refractivity contribution in [2.24, 2.45) is 0 Å². The first kappa shape index (κ1) is 25.8. The van der Waals surface area contributed by atoms with Crippen molar-refractivity contribution in [3.05, 3.63) is 105 Å². The molecule has 2 heterocycles. The first-order chi connectivity index (χ1) is 17.6. The van der Waals surface area contributed by atoms with Gasteiger partial charge in [-0.3, -0.25) is 4.79 Å². The van der Waals surface area contributed by atoms with E-state index in [0.29, 0.717) is 46.3 Å². The van der Waals surface area contributed by atoms with Crippen LogP contribution in [-0.4, -0.2) is 19.9 Å². The van der Waals surface area contributed by atoms with E-state index in [1.807, 2.05) is 6.07 Å². The number of thioether (sulfide) groups is 1. The van der Waals surface area contributed by atoms with Crippen LogP contribution in [0.15, 0.2) is 65.1 Å². The molecule has 4 aromatic rings. The highest BCUT2D eigenvalue weighted by Crippen LogP contribution is 2.35. The Kier molecular flexibility index (Phi) is 7.54. The van der Waals surface area contributed by atoms with Gasteiger partial charge in [-0.2, -0.15) is 18.4 Å². The number of halogens is 4. The molecular formula is C25H17F4N5O2S. The molecule has 0 aliphatic carbocycles. The second-order valence-electron chi connectivity index (χ2n) is 7.83. The number of aromatic amines is 1. The van der Waals surface area contributed by atoms with Gasteiger partial charge in [-0.25, -0.2) is 19.3 Å². The first-order valence-corrected chi connectivity index (χ1v) is 11.7. The number of nitrogens with one attached hydrogen (secondary N) is 1. The fourth-order valence-corrected chi connectivity index (χ4v) is 4.24. The maximum Gasteiger partial charge on any atom is 0.419 e. The molecule has 0 fully saturated rings. The summed E-state index contributed by atoms with van der Waals surface area (Å²) in [5.74, 6) is -1.31. The Labute approximate surface area is 212 Å². The van der Waals surface area contributed by atoms with E-state index in [0.717, 1.165) is 11.6 Å². The molecule has 0 bridgehead atoms. The Morgan fingerprint density at radius 1 is 1.11 bits per heavy atom. The first-order valence-electron chi connectivity index (χ1n) is 10.7. The number of alkyl halides is 3. The van der Waals surface area contributed by atoms with Crippen molar-refractivity contribution in [2.75, 3.05) is 0 Å². The molecule has 1 N–H and O–H groups in total. The van der Waals surface area contributed by atoms with Crippen LogP contribution in [0.5, 0.6) is 11.5 Å². The lowest BCUT2D eigenvalue weighted by molar-refractivity contribution is -0.140. The molecule has 37 heavy (non-hydrogen) atoms. The highest BCUT2D eigenvalue weighted by Gasteiger charge is 2.34. The monoisotopic (exact) mass is 527 g/mol. The molecule has 2 aromatic heterocycles. The second kappa shape index (κ2) is 10.8. The maximum absolute atomic E-state index is 13.5. The Bertz CT molecular complexity index is 1540. The van der Waals surface area contributed by atoms with Crippen molar-refractivity contribution in [2.45, 2.75) is 30.4 Å². The number of rotatable bonds is 7. The van der Waals surface area contributed by atoms with Gasteiger partial charge in [0, 0.05) is 35.8 Å². The summed E-state index contributed by atoms with van der Waals surface area (Å²) in [6, 6.07) is 8.78. The normalized spacial score (nSPS) is 11.2. The molecule has 0 atom stereocenters. The molecule has 7 nitrogen and oxygen atoms in total. The molecular weight excluding hydrogens is 510 g/mol. The van der Waals surface area contributed by atoms with Crippen molar-refractivity contribution in [3.8, 4) is 17.6 Å². The topological polar surface area (TPSA) is 105 Å². The molecule has 188 valence electrons. The zero-order valence-electron chi connectivity index (χ0n) is 19.1. The van der Waals surface area contributed by atoms with Crippen LogP contribution in [0, 0.1) is 24.1 Å². The van der Waals surface area contributed by atoms with Crippen molar-refractivity contribution in [1.82, 2.24) is 19.9 Å². The average molecular weight is 528 g/mol. The SMILES string of the molecule is Cc1nc(SCc2ccc(Oc3ccc(F)c(C(F)(F)F)c3)c(C#N)c2)[nH]c(=O)c1Cc1cncnc1. The van der Waals surface area contributed by atoms with E-state index in [4.69, 9.17) is 4.74 Å². The van der Waals surface area contributed by atoms with Crippen molar-refractivity contribution >= 4 is 11.8 Å². The molecule has 0 radical (unpaired) electrons. The summed E-state index contributed by atoms with van der Waals surface area (Å²) >= 11 is 1.24. The van der Waals surface area contributed by atoms with Gasteiger partial charge < -0.3 is 9.72 Å². The number of nitriles is 1. The number of aryl methyl sites for hydroxylation is 1. The Hall–Kier alpha value is -4.24. The van der Waals surface area contributed by atoms with Gasteiger partial charge in [-0.15, -0.1) is 0 Å². The van der Waals surface area contributed by atoms with Gasteiger partial charge in [0.05, 0.1) is 11.1 Å². The summed E-state index contributed by atoms with van der Waals surface area (Å²) < 4.78 is 57.9. The smallest absolute Gasteiger partial charge is 0.419 e. The molecule has 0 spiro atoms. The number of hydrogen-bond donors (Lipinski definition) is 1. The van der Waals surface area contributed by atoms with Crippen molar-refractivity contribution in [1.29, 1.82) is 5.26 Å². The lowest BCUT2D eigenvalue weighted by atomic mass is 10.1. The molecule has 0 saturated carbocycles. The largest absolute Gasteiger partial charge is 0.456 e. The van der Waals surface area contributed by atoms with Crippen LogP contribution in [0.3, 0.4) is 0 Å². The molecule has 2 aromatic carbocycles. The molecule has 12 heteroatoms. The Morgan fingerprint density at radius 2 is 1.86 bits per heavy atom. The highest BCUT2D eigenvalue weighted by atomic mass is 32.2. The van der Waals surface area contributed by atoms with Gasteiger partial charge in [0.15, 0.2) is 5.16 Å². The number of hydrogen-bond acceptors (Lipinski definition) is 7. The summed E-state index contributed by atoms with van der Waals surface area (Å²) in [7, 11) is 0. The van der Waals surface area contributed by atoms with Gasteiger partial charge in [0.1, 0.15) is 29.7 Å². The Balaban J connectivity index is 1.48. The second-order valence-corrected chi connectivity index (χ2v) is 8.80. The van der Waals surface area contributed by atoms with E-state index in [9.17, 15) is 27.6 Å². The van der Waals surface area contributed by atoms with Crippen LogP contribution < -0.4 is 10.3 Å². The van der Waals surface area contributed by atoms with Crippen LogP contribution in [-0.2, 0) is 18.3 Å². The zero-order chi connectivity index (χ0) is 26.6. The standard InChI is InChI=1S/C25H17F4N5O2S/c1-14-19(7-16-10-31-13-32-11-16)23(35)34-24(33-14)37-12-15-2-5-22(17(6-15)9-30)36-18-3-4-21(26)20(8-18)25(27,28)29/h2-6,8,10-11,13H,7,12H2,1H3,(H,33,34,35). The van der Waals surface area contributed by atoms with E-state index in [1.54, 1.807) is 25.4 Å². The summed E-state index contributed by atoms with van der Waals surface area (Å²) in [5.41, 5.74) is 0.869. The van der Waals surface area contributed by atoms with Gasteiger partial charge >= 0.3 is 6.18 Å². The van der Waals surface area contributed by atoms with Gasteiger partial charge in [-0.1, -0.05) is 17.8 Å². The summed E-state index contributed by atoms with van der Waals surface area (Å²) in [6.45, 7) is 1.73. The van der Waals surface area contributed by atoms with Crippen LogP contribution in [0.2, 0.25) is 0 Å². The zero-order valence-corrected chi connectivity index (χ0v) is 20.0. The van der Waals surface area contributed by atoms with Gasteiger partial charge in [0.25, 0.3) is 5.56 Å². The number of nitrogens with zero attached hydrogens (tertiary/aromatic N) is 4. The molecule has 0 unspecified atom stereocenters. The van der Waals surface area contributed by atoms with E-state index in [2.05, 4.69) is 19.9 Å². The minimum Gasteiger partial charge on any atom is -0.456 e. The number of aromatic nitrogens is 4.